The monoisotopic (exact) mass is 784 g/mol. The third-order valence-electron chi connectivity index (χ3n) is 13.3. The number of piperidine rings is 1. The number of piperazine rings is 1. The van der Waals surface area contributed by atoms with E-state index in [1.54, 1.807) is 25.3 Å². The van der Waals surface area contributed by atoms with Crippen LogP contribution in [0.3, 0.4) is 0 Å². The van der Waals surface area contributed by atoms with Crippen molar-refractivity contribution in [1.29, 1.82) is 0 Å². The number of phenolic OH excluding ortho intramolecular Hbond substituents is 1. The molecule has 0 bridgehead atoms. The number of carbonyl (C=O) groups is 3. The number of methoxy groups -OCH3 is 1. The van der Waals surface area contributed by atoms with Gasteiger partial charge in [0.2, 0.25) is 17.7 Å². The second-order valence-electron chi connectivity index (χ2n) is 16.9. The van der Waals surface area contributed by atoms with Gasteiger partial charge in [0.25, 0.3) is 5.91 Å². The fraction of sp³-hybridized carbons (Fsp3) is 0.435. The molecule has 9 rings (SSSR count). The molecule has 5 heterocycles. The summed E-state index contributed by atoms with van der Waals surface area (Å²) in [6.45, 7) is 7.56. The van der Waals surface area contributed by atoms with Gasteiger partial charge in [-0.25, -0.2) is 4.98 Å². The normalized spacial score (nSPS) is 23.4. The first-order valence-corrected chi connectivity index (χ1v) is 20.8. The second-order valence-corrected chi connectivity index (χ2v) is 16.9. The van der Waals surface area contributed by atoms with Crippen LogP contribution in [0, 0.1) is 11.3 Å². The van der Waals surface area contributed by atoms with Gasteiger partial charge >= 0.3 is 0 Å². The molecule has 0 radical (unpaired) electrons. The summed E-state index contributed by atoms with van der Waals surface area (Å²) in [6, 6.07) is 28.1. The Labute approximate surface area is 339 Å². The highest BCUT2D eigenvalue weighted by Gasteiger charge is 2.45. The van der Waals surface area contributed by atoms with E-state index < -0.39 is 17.9 Å². The molecule has 4 aliphatic heterocycles. The van der Waals surface area contributed by atoms with E-state index in [1.807, 2.05) is 12.1 Å². The number of imide groups is 1. The maximum atomic E-state index is 12.9. The van der Waals surface area contributed by atoms with Crippen molar-refractivity contribution in [2.24, 2.45) is 11.3 Å². The van der Waals surface area contributed by atoms with Gasteiger partial charge in [0, 0.05) is 86.8 Å². The molecule has 1 aliphatic carbocycles. The third kappa shape index (κ3) is 7.69. The van der Waals surface area contributed by atoms with Crippen molar-refractivity contribution in [3.05, 3.63) is 107 Å². The fourth-order valence-electron chi connectivity index (χ4n) is 9.98. The largest absolute Gasteiger partial charge is 0.508 e. The van der Waals surface area contributed by atoms with E-state index in [2.05, 4.69) is 84.9 Å². The number of hydrogen-bond donors (Lipinski definition) is 3. The Hall–Kier alpha value is -5.62. The molecule has 4 aromatic rings. The molecule has 58 heavy (non-hydrogen) atoms. The molecular formula is C46H52N6O6. The minimum Gasteiger partial charge on any atom is -0.508 e. The van der Waals surface area contributed by atoms with Crippen LogP contribution in [-0.2, 0) is 9.59 Å². The molecule has 12 heteroatoms. The Kier molecular flexibility index (Phi) is 10.4. The van der Waals surface area contributed by atoms with Crippen molar-refractivity contribution in [3.63, 3.8) is 0 Å². The van der Waals surface area contributed by atoms with Gasteiger partial charge in [-0.3, -0.25) is 24.6 Å². The van der Waals surface area contributed by atoms with Crippen LogP contribution in [0.5, 0.6) is 17.4 Å². The van der Waals surface area contributed by atoms with Crippen LogP contribution in [0.1, 0.15) is 77.5 Å². The number of pyridine rings is 1. The number of fused-ring (bicyclic) bond motifs is 1. The minimum absolute atomic E-state index is 0.142. The number of rotatable bonds is 9. The second kappa shape index (κ2) is 16.0. The summed E-state index contributed by atoms with van der Waals surface area (Å²) in [4.78, 5) is 48.4. The zero-order valence-corrected chi connectivity index (χ0v) is 33.1. The summed E-state index contributed by atoms with van der Waals surface area (Å²) in [5.74, 6) is 1.13. The number of nitrogens with one attached hydrogen (secondary N) is 2. The predicted octanol–water partition coefficient (Wildman–Crippen LogP) is 5.46. The highest BCUT2D eigenvalue weighted by Crippen LogP contribution is 2.49. The summed E-state index contributed by atoms with van der Waals surface area (Å²) >= 11 is 0. The van der Waals surface area contributed by atoms with Crippen LogP contribution >= 0.6 is 0 Å². The molecule has 1 saturated carbocycles. The molecule has 1 aromatic heterocycles. The minimum atomic E-state index is -0.761. The number of anilines is 2. The fourth-order valence-corrected chi connectivity index (χ4v) is 9.98. The van der Waals surface area contributed by atoms with E-state index in [0.29, 0.717) is 23.8 Å². The number of phenols is 1. The Morgan fingerprint density at radius 1 is 0.914 bits per heavy atom. The molecule has 3 aromatic carbocycles. The van der Waals surface area contributed by atoms with E-state index >= 15 is 0 Å². The molecule has 302 valence electrons. The van der Waals surface area contributed by atoms with Gasteiger partial charge in [0.05, 0.1) is 19.4 Å². The number of amides is 3. The molecule has 1 unspecified atom stereocenters. The summed E-state index contributed by atoms with van der Waals surface area (Å²) in [6.07, 6.45) is 5.56. The summed E-state index contributed by atoms with van der Waals surface area (Å²) in [5, 5.41) is 15.1. The lowest BCUT2D eigenvalue weighted by Gasteiger charge is -2.55. The van der Waals surface area contributed by atoms with Crippen LogP contribution in [0.4, 0.5) is 11.4 Å². The van der Waals surface area contributed by atoms with Crippen LogP contribution in [-0.4, -0.2) is 98.3 Å². The quantitative estimate of drug-likeness (QED) is 0.188. The maximum Gasteiger partial charge on any atom is 0.270 e. The molecule has 3 saturated heterocycles. The van der Waals surface area contributed by atoms with E-state index in [9.17, 15) is 19.5 Å². The van der Waals surface area contributed by atoms with Gasteiger partial charge < -0.3 is 29.7 Å². The third-order valence-corrected chi connectivity index (χ3v) is 13.3. The van der Waals surface area contributed by atoms with Crippen LogP contribution < -0.4 is 29.9 Å². The van der Waals surface area contributed by atoms with Gasteiger partial charge in [0.1, 0.15) is 23.2 Å². The number of hydrogen-bond acceptors (Lipinski definition) is 10. The van der Waals surface area contributed by atoms with Crippen molar-refractivity contribution in [2.45, 2.75) is 56.4 Å². The zero-order chi connectivity index (χ0) is 39.8. The number of benzene rings is 3. The van der Waals surface area contributed by atoms with Crippen molar-refractivity contribution in [2.75, 3.05) is 69.3 Å². The van der Waals surface area contributed by atoms with E-state index in [4.69, 9.17) is 9.47 Å². The molecule has 3 atom stereocenters. The number of ether oxygens (including phenoxy) is 2. The first-order valence-electron chi connectivity index (χ1n) is 20.8. The SMILES string of the molecule is COc1nc(C(=O)NC2CCC(=O)NC2=O)ccc1N1CCN(CC2CCC3(CC2)CN(c2ccc([C@@H]4c5ccc(O)cc5OC[C@@H]4c4ccccc4)cc2)C3)CC1. The Morgan fingerprint density at radius 2 is 1.67 bits per heavy atom. The predicted molar refractivity (Wildman–Crippen MR) is 221 cm³/mol. The number of carbonyl (C=O) groups excluding carboxylic acids is 3. The van der Waals surface area contributed by atoms with Crippen molar-refractivity contribution < 1.29 is 29.0 Å². The highest BCUT2D eigenvalue weighted by molar-refractivity contribution is 6.03. The van der Waals surface area contributed by atoms with Gasteiger partial charge in [-0.05, 0) is 79.5 Å². The molecular weight excluding hydrogens is 733 g/mol. The highest BCUT2D eigenvalue weighted by atomic mass is 16.5. The molecule has 3 N–H and O–H groups in total. The van der Waals surface area contributed by atoms with Gasteiger partial charge in [-0.1, -0.05) is 48.5 Å². The Morgan fingerprint density at radius 3 is 2.40 bits per heavy atom. The van der Waals surface area contributed by atoms with Crippen LogP contribution in [0.25, 0.3) is 0 Å². The molecule has 12 nitrogen and oxygen atoms in total. The molecule has 1 spiro atoms. The topological polar surface area (TPSA) is 137 Å². The smallest absolute Gasteiger partial charge is 0.270 e. The van der Waals surface area contributed by atoms with Crippen LogP contribution in [0.15, 0.2) is 84.9 Å². The first-order chi connectivity index (χ1) is 28.2. The van der Waals surface area contributed by atoms with E-state index in [-0.39, 0.29) is 42.0 Å². The van der Waals surface area contributed by atoms with Gasteiger partial charge in [-0.2, -0.15) is 0 Å². The first kappa shape index (κ1) is 37.9. The lowest BCUT2D eigenvalue weighted by Crippen LogP contribution is -2.58. The van der Waals surface area contributed by atoms with Gasteiger partial charge in [0.15, 0.2) is 0 Å². The summed E-state index contributed by atoms with van der Waals surface area (Å²) in [7, 11) is 1.56. The summed E-state index contributed by atoms with van der Waals surface area (Å²) in [5.41, 5.74) is 6.39. The van der Waals surface area contributed by atoms with Crippen molar-refractivity contribution in [1.82, 2.24) is 20.5 Å². The van der Waals surface area contributed by atoms with Crippen LogP contribution in [0.2, 0.25) is 0 Å². The van der Waals surface area contributed by atoms with Crippen molar-refractivity contribution in [3.8, 4) is 17.4 Å². The average molecular weight is 785 g/mol. The lowest BCUT2D eigenvalue weighted by molar-refractivity contribution is -0.134. The van der Waals surface area contributed by atoms with Crippen molar-refractivity contribution >= 4 is 29.1 Å². The summed E-state index contributed by atoms with van der Waals surface area (Å²) < 4.78 is 11.8. The standard InChI is InChI=1S/C46H52N6O6/c1-57-45-39(15-13-38(48-45)43(55)47-37-14-16-41(54)49-44(37)56)51-23-21-50(22-24-51)26-30-17-19-46(20-18-30)28-52(29-46)33-9-7-32(8-10-33)42-35-12-11-34(53)25-40(35)58-27-36(42)31-5-3-2-4-6-31/h2-13,15,25,30,36-37,42,53H,14,16-24,26-29H2,1H3,(H,47,55)(H,49,54,56)/t36-,37?,42-/m1/s1. The number of aromatic hydroxyl groups is 1. The Balaban J connectivity index is 0.752. The Bertz CT molecular complexity index is 2140. The number of aromatic nitrogens is 1. The molecule has 4 fully saturated rings. The van der Waals surface area contributed by atoms with E-state index in [1.165, 1.54) is 42.5 Å². The maximum absolute atomic E-state index is 12.9. The van der Waals surface area contributed by atoms with Gasteiger partial charge in [-0.15, -0.1) is 0 Å². The zero-order valence-electron chi connectivity index (χ0n) is 33.1. The number of nitrogens with zero attached hydrogens (tertiary/aromatic N) is 4. The molecule has 5 aliphatic rings. The van der Waals surface area contributed by atoms with E-state index in [0.717, 1.165) is 62.8 Å². The average Bonchev–Trinajstić information content (AvgIpc) is 3.24. The lowest BCUT2D eigenvalue weighted by atomic mass is 9.65. The molecule has 3 amide bonds.